The maximum Gasteiger partial charge on any atom is 0.106 e. The molecule has 2 atom stereocenters. The lowest BCUT2D eigenvalue weighted by molar-refractivity contribution is -0.0686. The number of hydrogen-bond donors (Lipinski definition) is 0. The van der Waals surface area contributed by atoms with Crippen LogP contribution in [-0.2, 0) is 16.8 Å². The monoisotopic (exact) mass is 396 g/mol. The van der Waals surface area contributed by atoms with Gasteiger partial charge in [-0.05, 0) is 73.3 Å². The third-order valence-electron chi connectivity index (χ3n) is 6.59. The predicted octanol–water partition coefficient (Wildman–Crippen LogP) is 5.63. The summed E-state index contributed by atoms with van der Waals surface area (Å²) in [7, 11) is 6.08. The number of fused-ring (bicyclic) bond motifs is 1. The molecular formula is C27H28N2O. The Morgan fingerprint density at radius 3 is 2.30 bits per heavy atom. The van der Waals surface area contributed by atoms with Gasteiger partial charge in [0.25, 0.3) is 0 Å². The van der Waals surface area contributed by atoms with Crippen molar-refractivity contribution in [2.24, 2.45) is 0 Å². The Kier molecular flexibility index (Phi) is 5.47. The van der Waals surface area contributed by atoms with Crippen molar-refractivity contribution in [1.82, 2.24) is 4.90 Å². The molecule has 0 fully saturated rings. The number of ether oxygens (including phenoxy) is 1. The number of methoxy groups -OCH3 is 1. The molecule has 0 aromatic heterocycles. The second-order valence-electron chi connectivity index (χ2n) is 8.44. The molecule has 0 spiro atoms. The highest BCUT2D eigenvalue weighted by Gasteiger charge is 2.41. The highest BCUT2D eigenvalue weighted by atomic mass is 16.5. The highest BCUT2D eigenvalue weighted by molar-refractivity contribution is 5.74. The van der Waals surface area contributed by atoms with Crippen molar-refractivity contribution in [2.45, 2.75) is 31.4 Å². The molecule has 0 radical (unpaired) electrons. The van der Waals surface area contributed by atoms with E-state index in [0.29, 0.717) is 11.6 Å². The maximum absolute atomic E-state index is 9.38. The SMILES string of the molecule is COC1(C)c2ccc(-c3ccc(-c4ccccc4C#N)cc3)cc2CCC1N(C)C. The Bertz CT molecular complexity index is 1090. The minimum absolute atomic E-state index is 0.305. The number of nitrogens with zero attached hydrogens (tertiary/aromatic N) is 2. The van der Waals surface area contributed by atoms with Gasteiger partial charge < -0.3 is 9.64 Å². The van der Waals surface area contributed by atoms with Gasteiger partial charge in [0.1, 0.15) is 5.60 Å². The van der Waals surface area contributed by atoms with Crippen LogP contribution in [0.5, 0.6) is 0 Å². The molecule has 2 unspecified atom stereocenters. The van der Waals surface area contributed by atoms with Crippen LogP contribution in [0.15, 0.2) is 66.7 Å². The van der Waals surface area contributed by atoms with Crippen molar-refractivity contribution in [2.75, 3.05) is 21.2 Å². The van der Waals surface area contributed by atoms with Crippen molar-refractivity contribution in [3.63, 3.8) is 0 Å². The van der Waals surface area contributed by atoms with Crippen LogP contribution in [0.3, 0.4) is 0 Å². The van der Waals surface area contributed by atoms with E-state index in [-0.39, 0.29) is 5.60 Å². The van der Waals surface area contributed by atoms with Gasteiger partial charge in [0.2, 0.25) is 0 Å². The fraction of sp³-hybridized carbons (Fsp3) is 0.296. The maximum atomic E-state index is 9.38. The Hall–Kier alpha value is -2.93. The lowest BCUT2D eigenvalue weighted by atomic mass is 9.75. The van der Waals surface area contributed by atoms with E-state index in [2.05, 4.69) is 74.5 Å². The zero-order chi connectivity index (χ0) is 21.3. The third-order valence-corrected chi connectivity index (χ3v) is 6.59. The number of nitriles is 1. The summed E-state index contributed by atoms with van der Waals surface area (Å²) < 4.78 is 6.04. The number of aryl methyl sites for hydroxylation is 1. The second kappa shape index (κ2) is 8.07. The molecule has 30 heavy (non-hydrogen) atoms. The Morgan fingerprint density at radius 1 is 0.967 bits per heavy atom. The van der Waals surface area contributed by atoms with Crippen LogP contribution >= 0.6 is 0 Å². The van der Waals surface area contributed by atoms with Gasteiger partial charge in [0, 0.05) is 13.2 Å². The van der Waals surface area contributed by atoms with Crippen LogP contribution in [0.1, 0.15) is 30.0 Å². The molecule has 0 saturated carbocycles. The Balaban J connectivity index is 1.68. The van der Waals surface area contributed by atoms with Crippen molar-refractivity contribution in [3.8, 4) is 28.3 Å². The molecule has 3 aromatic carbocycles. The smallest absolute Gasteiger partial charge is 0.106 e. The molecule has 3 nitrogen and oxygen atoms in total. The molecule has 3 aromatic rings. The predicted molar refractivity (Wildman–Crippen MR) is 122 cm³/mol. The summed E-state index contributed by atoms with van der Waals surface area (Å²) in [6, 6.07) is 25.6. The van der Waals surface area contributed by atoms with E-state index < -0.39 is 0 Å². The largest absolute Gasteiger partial charge is 0.372 e. The lowest BCUT2D eigenvalue weighted by Gasteiger charge is -2.45. The van der Waals surface area contributed by atoms with Gasteiger partial charge in [0.05, 0.1) is 11.6 Å². The van der Waals surface area contributed by atoms with Gasteiger partial charge in [-0.15, -0.1) is 0 Å². The van der Waals surface area contributed by atoms with Crippen molar-refractivity contribution >= 4 is 0 Å². The van der Waals surface area contributed by atoms with Crippen LogP contribution in [0.2, 0.25) is 0 Å². The average molecular weight is 397 g/mol. The molecule has 0 heterocycles. The normalized spacial score (nSPS) is 20.6. The second-order valence-corrected chi connectivity index (χ2v) is 8.44. The molecule has 0 saturated heterocycles. The van der Waals surface area contributed by atoms with E-state index in [4.69, 9.17) is 4.74 Å². The van der Waals surface area contributed by atoms with E-state index in [0.717, 1.165) is 24.0 Å². The summed E-state index contributed by atoms with van der Waals surface area (Å²) >= 11 is 0. The van der Waals surface area contributed by atoms with Crippen LogP contribution in [0.4, 0.5) is 0 Å². The van der Waals surface area contributed by atoms with Gasteiger partial charge >= 0.3 is 0 Å². The van der Waals surface area contributed by atoms with Crippen molar-refractivity contribution < 1.29 is 4.74 Å². The fourth-order valence-electron chi connectivity index (χ4n) is 4.88. The van der Waals surface area contributed by atoms with E-state index >= 15 is 0 Å². The standard InChI is InChI=1S/C27H28N2O/c1-27(30-4)25-15-13-21(17-22(25)14-16-26(27)29(2)3)19-9-11-20(12-10-19)24-8-6-5-7-23(24)18-28/h5-13,15,17,26H,14,16H2,1-4H3. The van der Waals surface area contributed by atoms with E-state index in [9.17, 15) is 5.26 Å². The molecule has 4 rings (SSSR count). The first-order chi connectivity index (χ1) is 14.5. The molecule has 0 N–H and O–H groups in total. The molecule has 3 heteroatoms. The average Bonchev–Trinajstić information content (AvgIpc) is 2.78. The van der Waals surface area contributed by atoms with Gasteiger partial charge in [-0.2, -0.15) is 5.26 Å². The summed E-state index contributed by atoms with van der Waals surface area (Å²) in [5.74, 6) is 0. The Labute approximate surface area is 179 Å². The Morgan fingerprint density at radius 2 is 1.63 bits per heavy atom. The zero-order valence-corrected chi connectivity index (χ0v) is 18.1. The third kappa shape index (κ3) is 3.43. The summed E-state index contributed by atoms with van der Waals surface area (Å²) in [6.45, 7) is 2.21. The number of likely N-dealkylation sites (N-methyl/N-ethyl adjacent to an activating group) is 1. The number of rotatable bonds is 4. The minimum Gasteiger partial charge on any atom is -0.372 e. The van der Waals surface area contributed by atoms with Crippen LogP contribution < -0.4 is 0 Å². The first-order valence-corrected chi connectivity index (χ1v) is 10.4. The summed E-state index contributed by atoms with van der Waals surface area (Å²) in [5.41, 5.74) is 7.50. The molecule has 0 amide bonds. The summed E-state index contributed by atoms with van der Waals surface area (Å²) in [4.78, 5) is 2.28. The minimum atomic E-state index is -0.305. The lowest BCUT2D eigenvalue weighted by Crippen LogP contribution is -2.50. The molecule has 1 aliphatic rings. The van der Waals surface area contributed by atoms with Crippen LogP contribution in [0, 0.1) is 11.3 Å². The van der Waals surface area contributed by atoms with Crippen LogP contribution in [0.25, 0.3) is 22.3 Å². The van der Waals surface area contributed by atoms with Gasteiger partial charge in [-0.1, -0.05) is 60.7 Å². The number of hydrogen-bond acceptors (Lipinski definition) is 3. The molecule has 0 aliphatic heterocycles. The summed E-state index contributed by atoms with van der Waals surface area (Å²) in [5, 5.41) is 9.38. The highest BCUT2D eigenvalue weighted by Crippen LogP contribution is 2.41. The molecule has 1 aliphatic carbocycles. The van der Waals surface area contributed by atoms with Gasteiger partial charge in [-0.25, -0.2) is 0 Å². The van der Waals surface area contributed by atoms with Gasteiger partial charge in [-0.3, -0.25) is 0 Å². The molecular weight excluding hydrogens is 368 g/mol. The van der Waals surface area contributed by atoms with Crippen molar-refractivity contribution in [3.05, 3.63) is 83.4 Å². The quantitative estimate of drug-likeness (QED) is 0.573. The number of benzene rings is 3. The van der Waals surface area contributed by atoms with Crippen LogP contribution in [-0.4, -0.2) is 32.1 Å². The molecule has 0 bridgehead atoms. The van der Waals surface area contributed by atoms with Crippen molar-refractivity contribution in [1.29, 1.82) is 5.26 Å². The van der Waals surface area contributed by atoms with E-state index in [1.165, 1.54) is 22.3 Å². The zero-order valence-electron chi connectivity index (χ0n) is 18.1. The molecule has 152 valence electrons. The first kappa shape index (κ1) is 20.3. The van der Waals surface area contributed by atoms with Gasteiger partial charge in [0.15, 0.2) is 0 Å². The van der Waals surface area contributed by atoms with E-state index in [1.54, 1.807) is 0 Å². The summed E-state index contributed by atoms with van der Waals surface area (Å²) in [6.07, 6.45) is 2.14. The first-order valence-electron chi connectivity index (χ1n) is 10.4. The topological polar surface area (TPSA) is 36.3 Å². The van der Waals surface area contributed by atoms with E-state index in [1.807, 2.05) is 31.4 Å². The fourth-order valence-corrected chi connectivity index (χ4v) is 4.88.